The van der Waals surface area contributed by atoms with Crippen molar-refractivity contribution < 1.29 is 9.53 Å². The van der Waals surface area contributed by atoms with Crippen LogP contribution in [0.15, 0.2) is 58.8 Å². The standard InChI is InChI=1S/C16H15N3O2S2/c1-21-15(20)14(12-5-9-22-11-12)23-16-18-7-8-19(16)10-13-4-2-3-6-17-13/h2-9,11,14H,10H2,1H3/t14-/m0/s1. The van der Waals surface area contributed by atoms with Gasteiger partial charge in [0.1, 0.15) is 5.25 Å². The second-order valence-corrected chi connectivity index (χ2v) is 6.59. The molecule has 118 valence electrons. The first kappa shape index (κ1) is 15.8. The van der Waals surface area contributed by atoms with Crippen molar-refractivity contribution in [2.45, 2.75) is 17.0 Å². The van der Waals surface area contributed by atoms with Gasteiger partial charge in [-0.25, -0.2) is 4.98 Å². The van der Waals surface area contributed by atoms with Crippen LogP contribution in [-0.4, -0.2) is 27.6 Å². The van der Waals surface area contributed by atoms with Gasteiger partial charge in [0.05, 0.1) is 19.3 Å². The van der Waals surface area contributed by atoms with E-state index in [0.29, 0.717) is 6.54 Å². The number of esters is 1. The summed E-state index contributed by atoms with van der Waals surface area (Å²) < 4.78 is 6.92. The summed E-state index contributed by atoms with van der Waals surface area (Å²) >= 11 is 2.94. The van der Waals surface area contributed by atoms with E-state index in [0.717, 1.165) is 16.4 Å². The third-order valence-electron chi connectivity index (χ3n) is 3.22. The van der Waals surface area contributed by atoms with Gasteiger partial charge in [-0.2, -0.15) is 11.3 Å². The zero-order valence-corrected chi connectivity index (χ0v) is 14.1. The van der Waals surface area contributed by atoms with Crippen molar-refractivity contribution in [1.82, 2.24) is 14.5 Å². The van der Waals surface area contributed by atoms with Gasteiger partial charge >= 0.3 is 5.97 Å². The minimum Gasteiger partial charge on any atom is -0.468 e. The van der Waals surface area contributed by atoms with Crippen LogP contribution >= 0.6 is 23.1 Å². The number of rotatable bonds is 6. The fourth-order valence-corrected chi connectivity index (χ4v) is 3.93. The first-order chi connectivity index (χ1) is 11.3. The van der Waals surface area contributed by atoms with Gasteiger partial charge in [-0.05, 0) is 34.5 Å². The van der Waals surface area contributed by atoms with Crippen molar-refractivity contribution >= 4 is 29.1 Å². The molecule has 7 heteroatoms. The minimum atomic E-state index is -0.420. The predicted molar refractivity (Wildman–Crippen MR) is 90.5 cm³/mol. The van der Waals surface area contributed by atoms with E-state index >= 15 is 0 Å². The molecule has 0 spiro atoms. The smallest absolute Gasteiger partial charge is 0.323 e. The van der Waals surface area contributed by atoms with Crippen LogP contribution in [0.2, 0.25) is 0 Å². The number of methoxy groups -OCH3 is 1. The van der Waals surface area contributed by atoms with Gasteiger partial charge in [0.25, 0.3) is 0 Å². The van der Waals surface area contributed by atoms with Crippen LogP contribution in [0, 0.1) is 0 Å². The molecule has 0 saturated heterocycles. The number of hydrogen-bond donors (Lipinski definition) is 0. The quantitative estimate of drug-likeness (QED) is 0.506. The highest BCUT2D eigenvalue weighted by molar-refractivity contribution is 8.00. The van der Waals surface area contributed by atoms with Crippen molar-refractivity contribution in [2.75, 3.05) is 7.11 Å². The normalized spacial score (nSPS) is 12.0. The summed E-state index contributed by atoms with van der Waals surface area (Å²) in [4.78, 5) is 20.8. The molecule has 5 nitrogen and oxygen atoms in total. The summed E-state index contributed by atoms with van der Waals surface area (Å²) in [5, 5.41) is 4.25. The van der Waals surface area contributed by atoms with E-state index in [4.69, 9.17) is 4.74 Å². The van der Waals surface area contributed by atoms with E-state index in [-0.39, 0.29) is 5.97 Å². The lowest BCUT2D eigenvalue weighted by Gasteiger charge is -2.14. The molecule has 0 aliphatic rings. The highest BCUT2D eigenvalue weighted by Crippen LogP contribution is 2.36. The SMILES string of the molecule is COC(=O)[C@@H](Sc1nccn1Cc1ccccn1)c1ccsc1. The van der Waals surface area contributed by atoms with Crippen LogP contribution in [-0.2, 0) is 16.1 Å². The van der Waals surface area contributed by atoms with Gasteiger partial charge in [-0.1, -0.05) is 17.8 Å². The number of hydrogen-bond acceptors (Lipinski definition) is 6. The van der Waals surface area contributed by atoms with E-state index in [1.54, 1.807) is 23.7 Å². The lowest BCUT2D eigenvalue weighted by molar-refractivity contribution is -0.140. The Kier molecular flexibility index (Phi) is 5.09. The van der Waals surface area contributed by atoms with Gasteiger partial charge in [-0.15, -0.1) is 0 Å². The van der Waals surface area contributed by atoms with E-state index in [9.17, 15) is 4.79 Å². The van der Waals surface area contributed by atoms with Crippen LogP contribution < -0.4 is 0 Å². The summed E-state index contributed by atoms with van der Waals surface area (Å²) in [5.41, 5.74) is 1.87. The van der Waals surface area contributed by atoms with Gasteiger partial charge in [0, 0.05) is 18.6 Å². The number of aromatic nitrogens is 3. The highest BCUT2D eigenvalue weighted by atomic mass is 32.2. The Labute approximate surface area is 142 Å². The zero-order chi connectivity index (χ0) is 16.1. The minimum absolute atomic E-state index is 0.277. The van der Waals surface area contributed by atoms with Crippen molar-refractivity contribution in [3.05, 3.63) is 64.9 Å². The Morgan fingerprint density at radius 2 is 2.26 bits per heavy atom. The maximum Gasteiger partial charge on any atom is 0.323 e. The maximum absolute atomic E-state index is 12.1. The molecule has 0 saturated carbocycles. The van der Waals surface area contributed by atoms with Crippen LogP contribution in [0.4, 0.5) is 0 Å². The topological polar surface area (TPSA) is 57.0 Å². The molecule has 0 aromatic carbocycles. The van der Waals surface area contributed by atoms with Crippen molar-refractivity contribution in [3.63, 3.8) is 0 Å². The third-order valence-corrected chi connectivity index (χ3v) is 5.17. The molecule has 0 fully saturated rings. The van der Waals surface area contributed by atoms with Crippen molar-refractivity contribution in [1.29, 1.82) is 0 Å². The molecule has 0 unspecified atom stereocenters. The van der Waals surface area contributed by atoms with E-state index < -0.39 is 5.25 Å². The predicted octanol–water partition coefficient (Wildman–Crippen LogP) is 3.39. The Balaban J connectivity index is 1.81. The molecule has 0 aliphatic carbocycles. The molecule has 3 aromatic heterocycles. The number of imidazole rings is 1. The Morgan fingerprint density at radius 3 is 2.96 bits per heavy atom. The van der Waals surface area contributed by atoms with Crippen LogP contribution in [0.3, 0.4) is 0 Å². The summed E-state index contributed by atoms with van der Waals surface area (Å²) in [6.07, 6.45) is 5.38. The molecule has 0 N–H and O–H groups in total. The van der Waals surface area contributed by atoms with Crippen molar-refractivity contribution in [3.8, 4) is 0 Å². The fraction of sp³-hybridized carbons (Fsp3) is 0.188. The highest BCUT2D eigenvalue weighted by Gasteiger charge is 2.25. The van der Waals surface area contributed by atoms with Crippen LogP contribution in [0.25, 0.3) is 0 Å². The number of carbonyl (C=O) groups excluding carboxylic acids is 1. The van der Waals surface area contributed by atoms with Crippen LogP contribution in [0.1, 0.15) is 16.5 Å². The number of thiophene rings is 1. The van der Waals surface area contributed by atoms with Crippen molar-refractivity contribution in [2.24, 2.45) is 0 Å². The van der Waals surface area contributed by atoms with Gasteiger partial charge in [-0.3, -0.25) is 9.78 Å². The zero-order valence-electron chi connectivity index (χ0n) is 12.5. The molecular weight excluding hydrogens is 330 g/mol. The lowest BCUT2D eigenvalue weighted by Crippen LogP contribution is -2.12. The number of pyridine rings is 1. The number of carbonyl (C=O) groups is 1. The summed E-state index contributed by atoms with van der Waals surface area (Å²) in [6.45, 7) is 0.612. The molecule has 3 aromatic rings. The Morgan fingerprint density at radius 1 is 1.35 bits per heavy atom. The second kappa shape index (κ2) is 7.43. The molecule has 0 radical (unpaired) electrons. The molecule has 0 bridgehead atoms. The van der Waals surface area contributed by atoms with Crippen LogP contribution in [0.5, 0.6) is 0 Å². The summed E-state index contributed by atoms with van der Waals surface area (Å²) in [6, 6.07) is 7.74. The summed E-state index contributed by atoms with van der Waals surface area (Å²) in [5.74, 6) is -0.277. The number of ether oxygens (including phenoxy) is 1. The van der Waals surface area contributed by atoms with E-state index in [1.165, 1.54) is 18.9 Å². The average Bonchev–Trinajstić information content (AvgIpc) is 3.25. The Hall–Kier alpha value is -2.12. The second-order valence-electron chi connectivity index (χ2n) is 4.74. The third kappa shape index (κ3) is 3.80. The largest absolute Gasteiger partial charge is 0.468 e. The maximum atomic E-state index is 12.1. The molecule has 0 aliphatic heterocycles. The van der Waals surface area contributed by atoms with E-state index in [1.807, 2.05) is 45.8 Å². The molecule has 3 heterocycles. The fourth-order valence-electron chi connectivity index (χ4n) is 2.09. The molecule has 1 atom stereocenters. The van der Waals surface area contributed by atoms with E-state index in [2.05, 4.69) is 9.97 Å². The molecule has 23 heavy (non-hydrogen) atoms. The molecular formula is C16H15N3O2S2. The first-order valence-corrected chi connectivity index (χ1v) is 8.78. The number of thioether (sulfide) groups is 1. The van der Waals surface area contributed by atoms with Gasteiger partial charge in [0.2, 0.25) is 0 Å². The average molecular weight is 345 g/mol. The first-order valence-electron chi connectivity index (χ1n) is 6.95. The lowest BCUT2D eigenvalue weighted by atomic mass is 10.2. The summed E-state index contributed by atoms with van der Waals surface area (Å²) in [7, 11) is 1.41. The Bertz CT molecular complexity index is 757. The number of nitrogens with zero attached hydrogens (tertiary/aromatic N) is 3. The van der Waals surface area contributed by atoms with Gasteiger partial charge < -0.3 is 9.30 Å². The monoisotopic (exact) mass is 345 g/mol. The van der Waals surface area contributed by atoms with Gasteiger partial charge in [0.15, 0.2) is 5.16 Å². The molecule has 0 amide bonds. The molecule has 3 rings (SSSR count).